The van der Waals surface area contributed by atoms with E-state index in [4.69, 9.17) is 5.73 Å². The molecule has 1 aliphatic carbocycles. The zero-order chi connectivity index (χ0) is 10.8. The number of likely N-dealkylation sites (N-methyl/N-ethyl adjacent to an activating group) is 1. The van der Waals surface area contributed by atoms with Crippen molar-refractivity contribution in [3.05, 3.63) is 0 Å². The van der Waals surface area contributed by atoms with Crippen LogP contribution in [0.5, 0.6) is 0 Å². The summed E-state index contributed by atoms with van der Waals surface area (Å²) in [5.74, 6) is -0.0573. The number of carbonyl (C=O) groups is 1. The normalized spacial score (nSPS) is 21.5. The van der Waals surface area contributed by atoms with Crippen LogP contribution in [-0.2, 0) is 4.79 Å². The van der Waals surface area contributed by atoms with Crippen LogP contribution in [-0.4, -0.2) is 43.0 Å². The molecule has 1 rings (SSSR count). The minimum atomic E-state index is -0.408. The van der Waals surface area contributed by atoms with Crippen LogP contribution in [0.1, 0.15) is 26.2 Å². The predicted molar refractivity (Wildman–Crippen MR) is 56.9 cm³/mol. The summed E-state index contributed by atoms with van der Waals surface area (Å²) in [6.45, 7) is 2.43. The largest absolute Gasteiger partial charge is 0.353 e. The van der Waals surface area contributed by atoms with E-state index >= 15 is 0 Å². The number of rotatable bonds is 4. The van der Waals surface area contributed by atoms with Gasteiger partial charge in [-0.05, 0) is 40.3 Å². The van der Waals surface area contributed by atoms with Gasteiger partial charge in [-0.15, -0.1) is 0 Å². The standard InChI is InChI=1S/C10H21N3O/c1-8(11)9(14)12-7-10(13(2)3)5-4-6-10/h8H,4-7,11H2,1-3H3,(H,12,14)/t8-/m0/s1. The highest BCUT2D eigenvalue weighted by Gasteiger charge is 2.39. The van der Waals surface area contributed by atoms with Gasteiger partial charge in [0.2, 0.25) is 5.91 Å². The summed E-state index contributed by atoms with van der Waals surface area (Å²) in [7, 11) is 4.13. The van der Waals surface area contributed by atoms with Crippen LogP contribution >= 0.6 is 0 Å². The van der Waals surface area contributed by atoms with Crippen LogP contribution in [0.25, 0.3) is 0 Å². The Labute approximate surface area is 85.8 Å². The first-order valence-corrected chi connectivity index (χ1v) is 5.19. The monoisotopic (exact) mass is 199 g/mol. The van der Waals surface area contributed by atoms with Gasteiger partial charge in [0.25, 0.3) is 0 Å². The van der Waals surface area contributed by atoms with Crippen molar-refractivity contribution in [2.24, 2.45) is 5.73 Å². The van der Waals surface area contributed by atoms with E-state index in [1.165, 1.54) is 19.3 Å². The van der Waals surface area contributed by atoms with Crippen LogP contribution < -0.4 is 11.1 Å². The van der Waals surface area contributed by atoms with E-state index in [1.807, 2.05) is 0 Å². The number of nitrogens with zero attached hydrogens (tertiary/aromatic N) is 1. The molecule has 0 aromatic carbocycles. The third kappa shape index (κ3) is 2.25. The van der Waals surface area contributed by atoms with Gasteiger partial charge in [0.05, 0.1) is 6.04 Å². The molecule has 0 spiro atoms. The summed E-state index contributed by atoms with van der Waals surface area (Å²) in [5, 5.41) is 2.90. The van der Waals surface area contributed by atoms with Gasteiger partial charge in [-0.25, -0.2) is 0 Å². The van der Waals surface area contributed by atoms with Crippen LogP contribution in [0.2, 0.25) is 0 Å². The molecule has 1 aliphatic rings. The molecule has 1 saturated carbocycles. The molecule has 4 nitrogen and oxygen atoms in total. The molecule has 1 fully saturated rings. The Hall–Kier alpha value is -0.610. The second kappa shape index (κ2) is 4.28. The number of carbonyl (C=O) groups excluding carboxylic acids is 1. The maximum Gasteiger partial charge on any atom is 0.236 e. The van der Waals surface area contributed by atoms with Crippen molar-refractivity contribution in [3.8, 4) is 0 Å². The van der Waals surface area contributed by atoms with Gasteiger partial charge in [0.15, 0.2) is 0 Å². The molecule has 0 heterocycles. The van der Waals surface area contributed by atoms with Gasteiger partial charge in [0.1, 0.15) is 0 Å². The SMILES string of the molecule is C[C@H](N)C(=O)NCC1(N(C)C)CCC1. The van der Waals surface area contributed by atoms with Crippen LogP contribution in [0, 0.1) is 0 Å². The summed E-state index contributed by atoms with van der Waals surface area (Å²) < 4.78 is 0. The lowest BCUT2D eigenvalue weighted by Crippen LogP contribution is -2.58. The average Bonchev–Trinajstić information content (AvgIpc) is 2.00. The number of nitrogens with two attached hydrogens (primary N) is 1. The molecule has 4 heteroatoms. The lowest BCUT2D eigenvalue weighted by Gasteiger charge is -2.47. The van der Waals surface area contributed by atoms with Crippen molar-refractivity contribution in [2.75, 3.05) is 20.6 Å². The number of nitrogens with one attached hydrogen (secondary N) is 1. The Bertz CT molecular complexity index is 209. The molecule has 14 heavy (non-hydrogen) atoms. The third-order valence-corrected chi connectivity index (χ3v) is 3.24. The van der Waals surface area contributed by atoms with Crippen LogP contribution in [0.4, 0.5) is 0 Å². The summed E-state index contributed by atoms with van der Waals surface area (Å²) in [6, 6.07) is -0.408. The minimum absolute atomic E-state index is 0.0573. The lowest BCUT2D eigenvalue weighted by atomic mass is 9.75. The zero-order valence-corrected chi connectivity index (χ0v) is 9.34. The summed E-state index contributed by atoms with van der Waals surface area (Å²) in [6.07, 6.45) is 3.59. The van der Waals surface area contributed by atoms with E-state index in [9.17, 15) is 4.79 Å². The van der Waals surface area contributed by atoms with Crippen molar-refractivity contribution >= 4 is 5.91 Å². The minimum Gasteiger partial charge on any atom is -0.353 e. The van der Waals surface area contributed by atoms with Gasteiger partial charge in [-0.1, -0.05) is 0 Å². The highest BCUT2D eigenvalue weighted by atomic mass is 16.2. The number of hydrogen-bond donors (Lipinski definition) is 2. The second-order valence-corrected chi connectivity index (χ2v) is 4.48. The molecule has 0 aliphatic heterocycles. The summed E-state index contributed by atoms with van der Waals surface area (Å²) in [4.78, 5) is 13.5. The number of amides is 1. The molecule has 82 valence electrons. The zero-order valence-electron chi connectivity index (χ0n) is 9.34. The van der Waals surface area contributed by atoms with E-state index in [0.717, 1.165) is 6.54 Å². The van der Waals surface area contributed by atoms with E-state index < -0.39 is 6.04 Å². The van der Waals surface area contributed by atoms with Crippen molar-refractivity contribution in [3.63, 3.8) is 0 Å². The fraction of sp³-hybridized carbons (Fsp3) is 0.900. The van der Waals surface area contributed by atoms with Crippen molar-refractivity contribution in [2.45, 2.75) is 37.8 Å². The fourth-order valence-electron chi connectivity index (χ4n) is 1.78. The molecule has 0 aromatic rings. The maximum atomic E-state index is 11.3. The molecule has 1 atom stereocenters. The van der Waals surface area contributed by atoms with E-state index in [1.54, 1.807) is 6.92 Å². The van der Waals surface area contributed by atoms with Crippen molar-refractivity contribution in [1.29, 1.82) is 0 Å². The Morgan fingerprint density at radius 1 is 1.57 bits per heavy atom. The molecular formula is C10H21N3O. The fourth-order valence-corrected chi connectivity index (χ4v) is 1.78. The van der Waals surface area contributed by atoms with Crippen molar-refractivity contribution in [1.82, 2.24) is 10.2 Å². The maximum absolute atomic E-state index is 11.3. The molecule has 3 N–H and O–H groups in total. The highest BCUT2D eigenvalue weighted by Crippen LogP contribution is 2.35. The first-order valence-electron chi connectivity index (χ1n) is 5.19. The Kier molecular flexibility index (Phi) is 3.50. The number of hydrogen-bond acceptors (Lipinski definition) is 3. The van der Waals surface area contributed by atoms with Gasteiger partial charge >= 0.3 is 0 Å². The highest BCUT2D eigenvalue weighted by molar-refractivity contribution is 5.81. The first-order chi connectivity index (χ1) is 6.48. The molecule has 1 amide bonds. The Balaban J connectivity index is 2.39. The molecular weight excluding hydrogens is 178 g/mol. The molecule has 0 radical (unpaired) electrons. The Morgan fingerprint density at radius 2 is 2.14 bits per heavy atom. The quantitative estimate of drug-likeness (QED) is 0.666. The lowest BCUT2D eigenvalue weighted by molar-refractivity contribution is -0.123. The summed E-state index contributed by atoms with van der Waals surface area (Å²) in [5.41, 5.74) is 5.66. The predicted octanol–water partition coefficient (Wildman–Crippen LogP) is -0.0659. The second-order valence-electron chi connectivity index (χ2n) is 4.48. The van der Waals surface area contributed by atoms with Crippen LogP contribution in [0.15, 0.2) is 0 Å². The van der Waals surface area contributed by atoms with E-state index in [2.05, 4.69) is 24.3 Å². The average molecular weight is 199 g/mol. The van der Waals surface area contributed by atoms with Gasteiger partial charge in [-0.2, -0.15) is 0 Å². The van der Waals surface area contributed by atoms with Gasteiger partial charge in [-0.3, -0.25) is 4.79 Å². The molecule has 0 saturated heterocycles. The van der Waals surface area contributed by atoms with Gasteiger partial charge < -0.3 is 16.0 Å². The van der Waals surface area contributed by atoms with Crippen molar-refractivity contribution < 1.29 is 4.79 Å². The summed E-state index contributed by atoms with van der Waals surface area (Å²) >= 11 is 0. The van der Waals surface area contributed by atoms with E-state index in [0.29, 0.717) is 0 Å². The Morgan fingerprint density at radius 3 is 2.43 bits per heavy atom. The first kappa shape index (κ1) is 11.5. The molecule has 0 unspecified atom stereocenters. The smallest absolute Gasteiger partial charge is 0.236 e. The van der Waals surface area contributed by atoms with Crippen LogP contribution in [0.3, 0.4) is 0 Å². The topological polar surface area (TPSA) is 58.4 Å². The van der Waals surface area contributed by atoms with E-state index in [-0.39, 0.29) is 11.4 Å². The van der Waals surface area contributed by atoms with Gasteiger partial charge in [0, 0.05) is 12.1 Å². The third-order valence-electron chi connectivity index (χ3n) is 3.24. The molecule has 0 bridgehead atoms. The molecule has 0 aromatic heterocycles.